The summed E-state index contributed by atoms with van der Waals surface area (Å²) in [6.07, 6.45) is -0.449. The zero-order chi connectivity index (χ0) is 39.3. The first-order chi connectivity index (χ1) is 25.1. The first kappa shape index (κ1) is 43.5. The van der Waals surface area contributed by atoms with Crippen molar-refractivity contribution >= 4 is 52.5 Å². The number of likely N-dealkylation sites (N-methyl/N-ethyl adjacent to an activating group) is 1. The van der Waals surface area contributed by atoms with E-state index in [4.69, 9.17) is 30.6 Å². The molecule has 1 aliphatic carbocycles. The number of nitrogens with zero attached hydrogens (tertiary/aromatic N) is 3. The number of carboxylic acid groups (broad SMARTS) is 1. The first-order valence-corrected chi connectivity index (χ1v) is 18.6. The highest BCUT2D eigenvalue weighted by atomic mass is 32.2. The average molecular weight is 760 g/mol. The number of ketones is 1. The van der Waals surface area contributed by atoms with Gasteiger partial charge in [0.2, 0.25) is 5.91 Å². The fourth-order valence-electron chi connectivity index (χ4n) is 5.75. The molecule has 0 saturated heterocycles. The number of anilines is 2. The van der Waals surface area contributed by atoms with Crippen molar-refractivity contribution in [2.24, 2.45) is 16.4 Å². The van der Waals surface area contributed by atoms with Crippen molar-refractivity contribution in [3.63, 3.8) is 0 Å². The van der Waals surface area contributed by atoms with Crippen molar-refractivity contribution in [1.29, 1.82) is 0 Å². The van der Waals surface area contributed by atoms with Crippen LogP contribution in [0, 0.1) is 11.3 Å². The molecule has 1 fully saturated rings. The van der Waals surface area contributed by atoms with Crippen LogP contribution in [0.5, 0.6) is 0 Å². The van der Waals surface area contributed by atoms with E-state index in [0.29, 0.717) is 16.3 Å². The minimum absolute atomic E-state index is 0.0936. The van der Waals surface area contributed by atoms with Gasteiger partial charge in [0.25, 0.3) is 0 Å². The zero-order valence-electron chi connectivity index (χ0n) is 30.6. The number of nitrogens with one attached hydrogen (secondary N) is 2. The molecule has 3 amide bonds. The van der Waals surface area contributed by atoms with Crippen LogP contribution in [0.2, 0.25) is 0 Å². The number of thioether (sulfide) groups is 1. The molecular formula is C37H53N5O10S. The predicted octanol–water partition coefficient (Wildman–Crippen LogP) is 2.29. The second-order valence-electron chi connectivity index (χ2n) is 14.1. The number of carbonyl (C=O) groups excluding carboxylic acids is 3. The molecule has 53 heavy (non-hydrogen) atoms. The van der Waals surface area contributed by atoms with Crippen LogP contribution in [0.15, 0.2) is 58.5 Å². The predicted molar refractivity (Wildman–Crippen MR) is 202 cm³/mol. The summed E-state index contributed by atoms with van der Waals surface area (Å²) in [5.41, 5.74) is 2.05. The number of hydrogen-bond acceptors (Lipinski definition) is 12. The number of hydrazone groups is 1. The molecule has 4 atom stereocenters. The number of aliphatic hydroxyl groups is 5. The molecule has 2 aromatic rings. The summed E-state index contributed by atoms with van der Waals surface area (Å²) in [5.74, 6) is -1.43. The van der Waals surface area contributed by atoms with Crippen LogP contribution in [0.1, 0.15) is 58.4 Å². The largest absolute Gasteiger partial charge is 0.481 e. The number of amides is 3. The van der Waals surface area contributed by atoms with Crippen molar-refractivity contribution in [3.8, 4) is 0 Å². The van der Waals surface area contributed by atoms with E-state index in [1.165, 1.54) is 9.91 Å². The lowest BCUT2D eigenvalue weighted by Gasteiger charge is -2.28. The summed E-state index contributed by atoms with van der Waals surface area (Å²) in [4.78, 5) is 53.3. The Morgan fingerprint density at radius 1 is 0.943 bits per heavy atom. The van der Waals surface area contributed by atoms with Gasteiger partial charge in [0.1, 0.15) is 24.9 Å². The molecule has 0 radical (unpaired) electrons. The molecule has 8 N–H and O–H groups in total. The fraction of sp³-hybridized carbons (Fsp3) is 0.541. The van der Waals surface area contributed by atoms with Gasteiger partial charge in [0, 0.05) is 34.0 Å². The Kier molecular flexibility index (Phi) is 16.8. The molecule has 15 nitrogen and oxygen atoms in total. The standard InChI is InChI=1S/C30H36N4O5S.C7H17NO5/c1-30(2,3)25(35)17-33-24-15-8-7-14-23(24)28(20-10-5-4-6-11-20)32-34(29(33)39)18-26(36)31-21-12-9-13-22(16-21)40-19-27(37)38;1-8-2-4(10)6(12)7(13)5(11)3-9/h7-9,12-16,20H,4-6,10-11,17-19H2,1-3H3,(H,31,36)(H,37,38);4-13H,2-3H2,1H3/t;4-,5+,6+,7+/m.0/s1. The molecule has 2 aliphatic rings. The van der Waals surface area contributed by atoms with E-state index in [2.05, 4.69) is 10.6 Å². The number of urea groups is 1. The van der Waals surface area contributed by atoms with Gasteiger partial charge in [-0.2, -0.15) is 5.10 Å². The maximum atomic E-state index is 13.9. The van der Waals surface area contributed by atoms with E-state index in [-0.39, 0.29) is 37.1 Å². The number of para-hydroxylation sites is 1. The average Bonchev–Trinajstić information content (AvgIpc) is 3.24. The Hall–Kier alpha value is -3.90. The number of carboxylic acids is 1. The molecule has 16 heteroatoms. The van der Waals surface area contributed by atoms with E-state index in [0.717, 1.165) is 55.1 Å². The number of hydrogen-bond donors (Lipinski definition) is 8. The van der Waals surface area contributed by atoms with Crippen LogP contribution in [0.4, 0.5) is 16.2 Å². The van der Waals surface area contributed by atoms with Gasteiger partial charge in [-0.1, -0.05) is 64.3 Å². The summed E-state index contributed by atoms with van der Waals surface area (Å²) in [6.45, 7) is 4.43. The Bertz CT molecular complexity index is 1580. The van der Waals surface area contributed by atoms with Gasteiger partial charge in [0.15, 0.2) is 5.78 Å². The summed E-state index contributed by atoms with van der Waals surface area (Å²) >= 11 is 1.15. The Balaban J connectivity index is 0.000000496. The number of Topliss-reactive ketones (excluding diaryl/α,β-unsaturated/α-hetero) is 1. The zero-order valence-corrected chi connectivity index (χ0v) is 31.5. The van der Waals surface area contributed by atoms with Crippen molar-refractivity contribution in [2.75, 3.05) is 49.3 Å². The topological polar surface area (TPSA) is 233 Å². The number of aliphatic hydroxyl groups excluding tert-OH is 5. The van der Waals surface area contributed by atoms with Crippen LogP contribution in [0.25, 0.3) is 0 Å². The molecule has 4 rings (SSSR count). The Labute approximate surface area is 314 Å². The summed E-state index contributed by atoms with van der Waals surface area (Å²) in [6, 6.07) is 13.9. The molecule has 0 bridgehead atoms. The van der Waals surface area contributed by atoms with E-state index in [1.54, 1.807) is 31.3 Å². The van der Waals surface area contributed by atoms with Crippen LogP contribution >= 0.6 is 11.8 Å². The number of fused-ring (bicyclic) bond motifs is 1. The molecule has 1 saturated carbocycles. The van der Waals surface area contributed by atoms with Crippen LogP contribution < -0.4 is 15.5 Å². The maximum absolute atomic E-state index is 13.9. The summed E-state index contributed by atoms with van der Waals surface area (Å²) in [7, 11) is 1.57. The fourth-order valence-corrected chi connectivity index (χ4v) is 6.42. The quantitative estimate of drug-likeness (QED) is 0.122. The SMILES string of the molecule is CC(C)(C)C(=O)CN1C(=O)N(CC(=O)Nc2cccc(SCC(=O)O)c2)N=C(C2CCCCC2)c2ccccc21.CNC[C@H](O)[C@@H](O)[C@H](O)[C@H](O)CO. The highest BCUT2D eigenvalue weighted by molar-refractivity contribution is 8.00. The van der Waals surface area contributed by atoms with E-state index >= 15 is 0 Å². The molecule has 1 heterocycles. The van der Waals surface area contributed by atoms with Crippen molar-refractivity contribution in [1.82, 2.24) is 10.3 Å². The lowest BCUT2D eigenvalue weighted by Crippen LogP contribution is -2.48. The van der Waals surface area contributed by atoms with E-state index in [1.807, 2.05) is 45.0 Å². The van der Waals surface area contributed by atoms with Crippen LogP contribution in [0.3, 0.4) is 0 Å². The van der Waals surface area contributed by atoms with Gasteiger partial charge in [-0.05, 0) is 44.2 Å². The highest BCUT2D eigenvalue weighted by Crippen LogP contribution is 2.34. The smallest absolute Gasteiger partial charge is 0.345 e. The third kappa shape index (κ3) is 12.9. The molecule has 2 aromatic carbocycles. The molecule has 0 aromatic heterocycles. The molecule has 0 spiro atoms. The molecule has 1 aliphatic heterocycles. The lowest BCUT2D eigenvalue weighted by molar-refractivity contribution is -0.134. The Morgan fingerprint density at radius 3 is 2.23 bits per heavy atom. The van der Waals surface area contributed by atoms with Crippen LogP contribution in [-0.2, 0) is 14.4 Å². The third-order valence-corrected chi connectivity index (χ3v) is 9.77. The van der Waals surface area contributed by atoms with Gasteiger partial charge in [0.05, 0.1) is 36.4 Å². The lowest BCUT2D eigenvalue weighted by atomic mass is 9.83. The normalized spacial score (nSPS) is 17.3. The minimum atomic E-state index is -1.55. The number of aliphatic carboxylic acids is 1. The number of carbonyl (C=O) groups is 4. The molecule has 292 valence electrons. The first-order valence-electron chi connectivity index (χ1n) is 17.6. The van der Waals surface area contributed by atoms with Crippen molar-refractivity contribution in [2.45, 2.75) is 82.2 Å². The van der Waals surface area contributed by atoms with Gasteiger partial charge >= 0.3 is 12.0 Å². The van der Waals surface area contributed by atoms with Crippen LogP contribution in [-0.4, -0.2) is 129 Å². The van der Waals surface area contributed by atoms with Crippen molar-refractivity contribution in [3.05, 3.63) is 54.1 Å². The third-order valence-electron chi connectivity index (χ3n) is 8.79. The monoisotopic (exact) mass is 759 g/mol. The number of benzene rings is 2. The second-order valence-corrected chi connectivity index (χ2v) is 15.1. The number of rotatable bonds is 15. The van der Waals surface area contributed by atoms with Gasteiger partial charge in [-0.25, -0.2) is 9.80 Å². The summed E-state index contributed by atoms with van der Waals surface area (Å²) < 4.78 is 0. The molecule has 0 unspecified atom stereocenters. The second kappa shape index (κ2) is 20.5. The molecular weight excluding hydrogens is 706 g/mol. The Morgan fingerprint density at radius 2 is 1.60 bits per heavy atom. The van der Waals surface area contributed by atoms with Gasteiger partial charge in [-0.15, -0.1) is 11.8 Å². The van der Waals surface area contributed by atoms with Gasteiger partial charge in [-0.3, -0.25) is 19.3 Å². The maximum Gasteiger partial charge on any atom is 0.345 e. The van der Waals surface area contributed by atoms with Gasteiger partial charge < -0.3 is 41.3 Å². The minimum Gasteiger partial charge on any atom is -0.481 e. The van der Waals surface area contributed by atoms with Crippen molar-refractivity contribution < 1.29 is 49.8 Å². The van der Waals surface area contributed by atoms with E-state index in [9.17, 15) is 24.3 Å². The van der Waals surface area contributed by atoms with E-state index < -0.39 is 54.3 Å². The highest BCUT2D eigenvalue weighted by Gasteiger charge is 2.36. The summed E-state index contributed by atoms with van der Waals surface area (Å²) in [5, 5.41) is 65.2.